The van der Waals surface area contributed by atoms with E-state index in [0.29, 0.717) is 0 Å². The van der Waals surface area contributed by atoms with E-state index in [0.717, 1.165) is 12.1 Å². The van der Waals surface area contributed by atoms with Crippen LogP contribution in [-0.4, -0.2) is 16.6 Å². The molecule has 0 fully saturated rings. The zero-order valence-corrected chi connectivity index (χ0v) is 10.2. The molecule has 0 radical (unpaired) electrons. The minimum absolute atomic E-state index is 0.124. The normalized spacial score (nSPS) is 11.1. The fraction of sp³-hybridized carbons (Fsp3) is 0.200. The molecule has 0 spiro atoms. The maximum absolute atomic E-state index is 12.3. The van der Waals surface area contributed by atoms with Crippen LogP contribution in [0.5, 0.6) is 0 Å². The van der Waals surface area contributed by atoms with Gasteiger partial charge in [0.05, 0.1) is 11.1 Å². The third-order valence-electron chi connectivity index (χ3n) is 1.97. The van der Waals surface area contributed by atoms with E-state index in [2.05, 4.69) is 0 Å². The first-order valence-electron chi connectivity index (χ1n) is 4.41. The van der Waals surface area contributed by atoms with Crippen LogP contribution >= 0.6 is 23.4 Å². The first-order valence-corrected chi connectivity index (χ1v) is 5.76. The van der Waals surface area contributed by atoms with Gasteiger partial charge >= 0.3 is 11.5 Å². The highest BCUT2D eigenvalue weighted by Crippen LogP contribution is 2.40. The lowest BCUT2D eigenvalue weighted by atomic mass is 10.0. The highest BCUT2D eigenvalue weighted by atomic mass is 35.5. The van der Waals surface area contributed by atoms with Crippen molar-refractivity contribution in [1.82, 2.24) is 0 Å². The number of aromatic carboxylic acids is 1. The Labute approximate surface area is 109 Å². The van der Waals surface area contributed by atoms with Gasteiger partial charge in [0, 0.05) is 10.8 Å². The van der Waals surface area contributed by atoms with Gasteiger partial charge in [-0.25, -0.2) is 4.79 Å². The third-order valence-corrected chi connectivity index (χ3v) is 3.07. The summed E-state index contributed by atoms with van der Waals surface area (Å²) < 4.78 is 36.8. The Balaban J connectivity index is 3.41. The van der Waals surface area contributed by atoms with E-state index < -0.39 is 23.2 Å². The van der Waals surface area contributed by atoms with E-state index in [1.807, 2.05) is 0 Å². The van der Waals surface area contributed by atoms with Crippen LogP contribution in [0.4, 0.5) is 13.2 Å². The number of carboxylic acid groups (broad SMARTS) is 1. The minimum atomic E-state index is -4.53. The molecular formula is C10H5ClF3NO2S. The number of thioether (sulfide) groups is 1. The summed E-state index contributed by atoms with van der Waals surface area (Å²) >= 11 is 5.07. The lowest BCUT2D eigenvalue weighted by Gasteiger charge is -2.12. The number of alkyl halides is 4. The van der Waals surface area contributed by atoms with Crippen LogP contribution in [0.1, 0.15) is 21.5 Å². The number of hydrogen-bond donors (Lipinski definition) is 1. The smallest absolute Gasteiger partial charge is 0.446 e. The summed E-state index contributed by atoms with van der Waals surface area (Å²) in [5.74, 6) is -1.76. The average molecular weight is 296 g/mol. The summed E-state index contributed by atoms with van der Waals surface area (Å²) in [5.41, 5.74) is -5.36. The maximum Gasteiger partial charge on any atom is 0.446 e. The van der Waals surface area contributed by atoms with Gasteiger partial charge in [0.1, 0.15) is 6.07 Å². The third kappa shape index (κ3) is 3.31. The largest absolute Gasteiger partial charge is 0.478 e. The van der Waals surface area contributed by atoms with Crippen molar-refractivity contribution in [3.05, 3.63) is 28.8 Å². The quantitative estimate of drug-likeness (QED) is 0.683. The zero-order chi connectivity index (χ0) is 13.9. The second-order valence-corrected chi connectivity index (χ2v) is 4.44. The number of hydrogen-bond acceptors (Lipinski definition) is 3. The highest BCUT2D eigenvalue weighted by molar-refractivity contribution is 8.00. The lowest BCUT2D eigenvalue weighted by Crippen LogP contribution is -2.06. The van der Waals surface area contributed by atoms with Gasteiger partial charge in [-0.05, 0) is 29.5 Å². The Morgan fingerprint density at radius 1 is 1.50 bits per heavy atom. The molecule has 1 N–H and O–H groups in total. The first-order chi connectivity index (χ1) is 8.30. The summed E-state index contributed by atoms with van der Waals surface area (Å²) in [5, 5.41) is 17.7. The molecule has 8 heteroatoms. The number of rotatable bonds is 3. The van der Waals surface area contributed by atoms with E-state index in [4.69, 9.17) is 22.0 Å². The van der Waals surface area contributed by atoms with Crippen LogP contribution in [0.3, 0.4) is 0 Å². The van der Waals surface area contributed by atoms with E-state index in [1.165, 1.54) is 0 Å². The average Bonchev–Trinajstić information content (AvgIpc) is 2.25. The Kier molecular flexibility index (Phi) is 4.48. The fourth-order valence-corrected chi connectivity index (χ4v) is 2.33. The van der Waals surface area contributed by atoms with Gasteiger partial charge in [-0.2, -0.15) is 18.4 Å². The van der Waals surface area contributed by atoms with Crippen LogP contribution in [0, 0.1) is 11.3 Å². The van der Waals surface area contributed by atoms with Crippen molar-refractivity contribution in [2.45, 2.75) is 16.3 Å². The van der Waals surface area contributed by atoms with Gasteiger partial charge in [-0.15, -0.1) is 11.6 Å². The maximum atomic E-state index is 12.3. The predicted molar refractivity (Wildman–Crippen MR) is 59.6 cm³/mol. The van der Waals surface area contributed by atoms with Crippen LogP contribution in [0.15, 0.2) is 17.0 Å². The minimum Gasteiger partial charge on any atom is -0.478 e. The molecule has 0 unspecified atom stereocenters. The molecule has 1 rings (SSSR count). The molecule has 1 aromatic carbocycles. The van der Waals surface area contributed by atoms with Crippen LogP contribution < -0.4 is 0 Å². The van der Waals surface area contributed by atoms with Crippen molar-refractivity contribution in [2.24, 2.45) is 0 Å². The second-order valence-electron chi connectivity index (χ2n) is 3.06. The molecule has 1 aromatic rings. The van der Waals surface area contributed by atoms with Crippen LogP contribution in [-0.2, 0) is 5.88 Å². The van der Waals surface area contributed by atoms with Crippen molar-refractivity contribution >= 4 is 29.3 Å². The molecule has 96 valence electrons. The molecule has 0 aliphatic heterocycles. The molecule has 0 amide bonds. The van der Waals surface area contributed by atoms with Gasteiger partial charge in [-0.1, -0.05) is 0 Å². The SMILES string of the molecule is N#Cc1c(C(=O)O)ccc(SC(F)(F)F)c1CCl. The molecule has 0 aromatic heterocycles. The van der Waals surface area contributed by atoms with Crippen molar-refractivity contribution in [1.29, 1.82) is 5.26 Å². The molecule has 3 nitrogen and oxygen atoms in total. The number of carbonyl (C=O) groups is 1. The van der Waals surface area contributed by atoms with Crippen LogP contribution in [0.25, 0.3) is 0 Å². The van der Waals surface area contributed by atoms with Crippen molar-refractivity contribution in [3.8, 4) is 6.07 Å². The van der Waals surface area contributed by atoms with E-state index >= 15 is 0 Å². The zero-order valence-electron chi connectivity index (χ0n) is 8.58. The number of nitrogens with zero attached hydrogens (tertiary/aromatic N) is 1. The van der Waals surface area contributed by atoms with Crippen LogP contribution in [0.2, 0.25) is 0 Å². The Morgan fingerprint density at radius 2 is 2.11 bits per heavy atom. The molecule has 0 aliphatic carbocycles. The van der Waals surface area contributed by atoms with E-state index in [9.17, 15) is 18.0 Å². The van der Waals surface area contributed by atoms with Gasteiger partial charge in [0.25, 0.3) is 0 Å². The fourth-order valence-electron chi connectivity index (χ4n) is 1.29. The molecule has 18 heavy (non-hydrogen) atoms. The van der Waals surface area contributed by atoms with E-state index in [-0.39, 0.29) is 27.5 Å². The molecule has 0 saturated heterocycles. The van der Waals surface area contributed by atoms with Crippen molar-refractivity contribution in [2.75, 3.05) is 0 Å². The summed E-state index contributed by atoms with van der Waals surface area (Å²) in [4.78, 5) is 10.6. The molecule has 0 atom stereocenters. The van der Waals surface area contributed by atoms with Gasteiger partial charge in [0.15, 0.2) is 0 Å². The van der Waals surface area contributed by atoms with E-state index in [1.54, 1.807) is 6.07 Å². The number of halogens is 4. The Bertz CT molecular complexity index is 525. The molecule has 0 aliphatic rings. The topological polar surface area (TPSA) is 61.1 Å². The standard InChI is InChI=1S/C10H5ClF3NO2S/c11-3-6-7(4-15)5(9(16)17)1-2-8(6)18-10(12,13)14/h1-2H,3H2,(H,16,17). The summed E-state index contributed by atoms with van der Waals surface area (Å²) in [6.45, 7) is 0. The predicted octanol–water partition coefficient (Wildman–Crippen LogP) is 3.61. The van der Waals surface area contributed by atoms with Gasteiger partial charge < -0.3 is 5.11 Å². The molecular weight excluding hydrogens is 291 g/mol. The second kappa shape index (κ2) is 5.50. The lowest BCUT2D eigenvalue weighted by molar-refractivity contribution is -0.0328. The highest BCUT2D eigenvalue weighted by Gasteiger charge is 2.31. The number of nitriles is 1. The Hall–Kier alpha value is -1.39. The Morgan fingerprint density at radius 3 is 2.50 bits per heavy atom. The summed E-state index contributed by atoms with van der Waals surface area (Å²) in [6.07, 6.45) is 0. The summed E-state index contributed by atoms with van der Waals surface area (Å²) in [7, 11) is 0. The number of benzene rings is 1. The van der Waals surface area contributed by atoms with Crippen molar-refractivity contribution in [3.63, 3.8) is 0 Å². The molecule has 0 bridgehead atoms. The van der Waals surface area contributed by atoms with Crippen molar-refractivity contribution < 1.29 is 23.1 Å². The summed E-state index contributed by atoms with van der Waals surface area (Å²) in [6, 6.07) is 3.54. The monoisotopic (exact) mass is 295 g/mol. The molecule has 0 saturated carbocycles. The number of carboxylic acids is 1. The van der Waals surface area contributed by atoms with Gasteiger partial charge in [-0.3, -0.25) is 0 Å². The first kappa shape index (κ1) is 14.7. The molecule has 0 heterocycles. The van der Waals surface area contributed by atoms with Gasteiger partial charge in [0.2, 0.25) is 0 Å².